The number of piperidine rings is 1. The first-order valence-electron chi connectivity index (χ1n) is 8.57. The van der Waals surface area contributed by atoms with E-state index in [1.54, 1.807) is 24.9 Å². The maximum absolute atomic E-state index is 13.3. The topological polar surface area (TPSA) is 55.8 Å². The van der Waals surface area contributed by atoms with Crippen LogP contribution < -0.4 is 10.2 Å². The minimum Gasteiger partial charge on any atom is -0.393 e. The number of anilines is 1. The van der Waals surface area contributed by atoms with E-state index in [9.17, 15) is 14.3 Å². The fourth-order valence-corrected chi connectivity index (χ4v) is 3.05. The van der Waals surface area contributed by atoms with Crippen LogP contribution in [0.5, 0.6) is 0 Å². The number of halogens is 1. The molecule has 1 aromatic rings. The van der Waals surface area contributed by atoms with E-state index in [0.717, 1.165) is 37.2 Å². The van der Waals surface area contributed by atoms with Crippen molar-refractivity contribution in [3.8, 4) is 0 Å². The quantitative estimate of drug-likeness (QED) is 0.868. The van der Waals surface area contributed by atoms with Crippen molar-refractivity contribution in [3.63, 3.8) is 0 Å². The molecule has 1 saturated heterocycles. The molecule has 1 aliphatic rings. The van der Waals surface area contributed by atoms with Crippen LogP contribution in [-0.2, 0) is 0 Å². The van der Waals surface area contributed by atoms with Gasteiger partial charge in [-0.3, -0.25) is 0 Å². The molecule has 0 bridgehead atoms. The van der Waals surface area contributed by atoms with E-state index in [1.807, 2.05) is 13.0 Å². The number of aliphatic hydroxyl groups is 1. The van der Waals surface area contributed by atoms with E-state index < -0.39 is 6.10 Å². The zero-order valence-electron chi connectivity index (χ0n) is 14.8. The number of nitrogens with one attached hydrogen (secondary N) is 1. The monoisotopic (exact) mass is 337 g/mol. The third-order valence-electron chi connectivity index (χ3n) is 4.48. The van der Waals surface area contributed by atoms with Gasteiger partial charge in [-0.25, -0.2) is 9.18 Å². The Hall–Kier alpha value is -1.82. The molecular formula is C18H28FN3O2. The maximum Gasteiger partial charge on any atom is 0.317 e. The Labute approximate surface area is 143 Å². The van der Waals surface area contributed by atoms with E-state index in [-0.39, 0.29) is 17.9 Å². The molecule has 0 aliphatic carbocycles. The Morgan fingerprint density at radius 2 is 2.29 bits per heavy atom. The Balaban J connectivity index is 1.92. The van der Waals surface area contributed by atoms with Gasteiger partial charge in [0.15, 0.2) is 0 Å². The highest BCUT2D eigenvalue weighted by atomic mass is 19.1. The van der Waals surface area contributed by atoms with Gasteiger partial charge in [-0.1, -0.05) is 0 Å². The standard InChI is InChI=1S/C18H28FN3O2/c1-13-11-15(19)6-7-17(13)22-9-4-5-16(12-22)20-18(24)21(3)10-8-14(2)23/h6-7,11,14,16,23H,4-5,8-10,12H2,1-3H3,(H,20,24). The lowest BCUT2D eigenvalue weighted by Crippen LogP contribution is -2.51. The first-order valence-corrected chi connectivity index (χ1v) is 8.57. The number of hydrogen-bond donors (Lipinski definition) is 2. The predicted octanol–water partition coefficient (Wildman–Crippen LogP) is 2.52. The number of aryl methyl sites for hydroxylation is 1. The minimum atomic E-state index is -0.410. The molecule has 2 rings (SSSR count). The number of urea groups is 1. The van der Waals surface area contributed by atoms with Crippen molar-refractivity contribution < 1.29 is 14.3 Å². The van der Waals surface area contributed by atoms with Crippen molar-refractivity contribution in [2.45, 2.75) is 45.3 Å². The van der Waals surface area contributed by atoms with Crippen molar-refractivity contribution in [1.82, 2.24) is 10.2 Å². The average molecular weight is 337 g/mol. The Kier molecular flexibility index (Phi) is 6.43. The van der Waals surface area contributed by atoms with Gasteiger partial charge in [0.1, 0.15) is 5.82 Å². The summed E-state index contributed by atoms with van der Waals surface area (Å²) in [6, 6.07) is 4.79. The molecule has 2 atom stereocenters. The Morgan fingerprint density at radius 3 is 2.96 bits per heavy atom. The van der Waals surface area contributed by atoms with Crippen LogP contribution in [0.25, 0.3) is 0 Å². The molecule has 1 fully saturated rings. The molecule has 2 unspecified atom stereocenters. The summed E-state index contributed by atoms with van der Waals surface area (Å²) in [4.78, 5) is 16.1. The summed E-state index contributed by atoms with van der Waals surface area (Å²) in [6.45, 7) is 5.79. The molecule has 2 N–H and O–H groups in total. The molecule has 0 spiro atoms. The summed E-state index contributed by atoms with van der Waals surface area (Å²) in [6.07, 6.45) is 2.08. The highest BCUT2D eigenvalue weighted by Gasteiger charge is 2.23. The summed E-state index contributed by atoms with van der Waals surface area (Å²) < 4.78 is 13.3. The molecule has 2 amide bonds. The van der Waals surface area contributed by atoms with Gasteiger partial charge < -0.3 is 20.2 Å². The summed E-state index contributed by atoms with van der Waals surface area (Å²) in [5, 5.41) is 12.4. The van der Waals surface area contributed by atoms with Gasteiger partial charge >= 0.3 is 6.03 Å². The molecule has 0 saturated carbocycles. The fraction of sp³-hybridized carbons (Fsp3) is 0.611. The van der Waals surface area contributed by atoms with Gasteiger partial charge in [-0.15, -0.1) is 0 Å². The second kappa shape index (κ2) is 8.33. The van der Waals surface area contributed by atoms with Crippen molar-refractivity contribution >= 4 is 11.7 Å². The zero-order valence-corrected chi connectivity index (χ0v) is 14.8. The molecular weight excluding hydrogens is 309 g/mol. The van der Waals surface area contributed by atoms with E-state index in [2.05, 4.69) is 10.2 Å². The second-order valence-corrected chi connectivity index (χ2v) is 6.72. The van der Waals surface area contributed by atoms with Crippen molar-refractivity contribution in [2.75, 3.05) is 31.6 Å². The van der Waals surface area contributed by atoms with Crippen LogP contribution in [0.3, 0.4) is 0 Å². The van der Waals surface area contributed by atoms with Crippen LogP contribution >= 0.6 is 0 Å². The smallest absolute Gasteiger partial charge is 0.317 e. The van der Waals surface area contributed by atoms with Gasteiger partial charge in [-0.05, 0) is 56.9 Å². The van der Waals surface area contributed by atoms with E-state index in [4.69, 9.17) is 0 Å². The Morgan fingerprint density at radius 1 is 1.54 bits per heavy atom. The van der Waals surface area contributed by atoms with Crippen molar-refractivity contribution in [1.29, 1.82) is 0 Å². The first kappa shape index (κ1) is 18.5. The molecule has 1 aliphatic heterocycles. The molecule has 0 radical (unpaired) electrons. The third-order valence-corrected chi connectivity index (χ3v) is 4.48. The number of benzene rings is 1. The van der Waals surface area contributed by atoms with Gasteiger partial charge in [-0.2, -0.15) is 0 Å². The maximum atomic E-state index is 13.3. The summed E-state index contributed by atoms with van der Waals surface area (Å²) in [5.41, 5.74) is 1.94. The number of carbonyl (C=O) groups is 1. The molecule has 24 heavy (non-hydrogen) atoms. The largest absolute Gasteiger partial charge is 0.393 e. The highest BCUT2D eigenvalue weighted by Crippen LogP contribution is 2.24. The summed E-state index contributed by atoms with van der Waals surface area (Å²) >= 11 is 0. The Bertz CT molecular complexity index is 565. The van der Waals surface area contributed by atoms with Crippen LogP contribution in [0, 0.1) is 12.7 Å². The SMILES string of the molecule is Cc1cc(F)ccc1N1CCCC(NC(=O)N(C)CCC(C)O)C1. The van der Waals surface area contributed by atoms with E-state index in [0.29, 0.717) is 13.0 Å². The van der Waals surface area contributed by atoms with Crippen molar-refractivity contribution in [3.05, 3.63) is 29.6 Å². The lowest BCUT2D eigenvalue weighted by molar-refractivity contribution is 0.162. The van der Waals surface area contributed by atoms with E-state index in [1.165, 1.54) is 6.07 Å². The normalized spacial score (nSPS) is 19.0. The number of amides is 2. The first-order chi connectivity index (χ1) is 11.4. The number of aliphatic hydroxyl groups excluding tert-OH is 1. The third kappa shape index (κ3) is 5.09. The molecule has 134 valence electrons. The number of hydrogen-bond acceptors (Lipinski definition) is 3. The lowest BCUT2D eigenvalue weighted by atomic mass is 10.0. The number of rotatable bonds is 5. The van der Waals surface area contributed by atoms with Crippen molar-refractivity contribution in [2.24, 2.45) is 0 Å². The lowest BCUT2D eigenvalue weighted by Gasteiger charge is -2.36. The van der Waals surface area contributed by atoms with Gasteiger partial charge in [0.25, 0.3) is 0 Å². The summed E-state index contributed by atoms with van der Waals surface area (Å²) in [5.74, 6) is -0.224. The van der Waals surface area contributed by atoms with Gasteiger partial charge in [0.05, 0.1) is 6.10 Å². The minimum absolute atomic E-state index is 0.0738. The predicted molar refractivity (Wildman–Crippen MR) is 93.8 cm³/mol. The molecule has 6 heteroatoms. The number of nitrogens with zero attached hydrogens (tertiary/aromatic N) is 2. The second-order valence-electron chi connectivity index (χ2n) is 6.72. The molecule has 1 heterocycles. The summed E-state index contributed by atoms with van der Waals surface area (Å²) in [7, 11) is 1.74. The highest BCUT2D eigenvalue weighted by molar-refractivity contribution is 5.74. The van der Waals surface area contributed by atoms with Crippen LogP contribution in [0.15, 0.2) is 18.2 Å². The van der Waals surface area contributed by atoms with Crippen LogP contribution in [0.4, 0.5) is 14.9 Å². The number of carbonyl (C=O) groups excluding carboxylic acids is 1. The molecule has 0 aromatic heterocycles. The van der Waals surface area contributed by atoms with E-state index >= 15 is 0 Å². The molecule has 5 nitrogen and oxygen atoms in total. The van der Waals surface area contributed by atoms with Crippen LogP contribution in [0.1, 0.15) is 31.7 Å². The van der Waals surface area contributed by atoms with Gasteiger partial charge in [0, 0.05) is 38.4 Å². The average Bonchev–Trinajstić information content (AvgIpc) is 2.52. The fourth-order valence-electron chi connectivity index (χ4n) is 3.05. The molecule has 1 aromatic carbocycles. The van der Waals surface area contributed by atoms with Crippen LogP contribution in [-0.4, -0.2) is 54.9 Å². The zero-order chi connectivity index (χ0) is 17.7. The van der Waals surface area contributed by atoms with Gasteiger partial charge in [0.2, 0.25) is 0 Å². The van der Waals surface area contributed by atoms with Crippen LogP contribution in [0.2, 0.25) is 0 Å².